The van der Waals surface area contributed by atoms with Crippen LogP contribution in [0.5, 0.6) is 0 Å². The lowest BCUT2D eigenvalue weighted by atomic mass is 10.1. The van der Waals surface area contributed by atoms with Crippen molar-refractivity contribution in [1.29, 1.82) is 0 Å². The van der Waals surface area contributed by atoms with Gasteiger partial charge in [-0.3, -0.25) is 19.1 Å². The van der Waals surface area contributed by atoms with Crippen LogP contribution in [0.4, 0.5) is 27.6 Å². The first-order valence-corrected chi connectivity index (χ1v) is 14.5. The number of fused-ring (bicyclic) bond motifs is 1. The number of methoxy groups -OCH3 is 1. The maximum atomic E-state index is 15.2. The van der Waals surface area contributed by atoms with Crippen LogP contribution in [-0.2, 0) is 23.0 Å². The van der Waals surface area contributed by atoms with E-state index in [-0.39, 0.29) is 29.7 Å². The molecule has 3 heterocycles. The van der Waals surface area contributed by atoms with Crippen molar-refractivity contribution in [3.8, 4) is 5.82 Å². The number of halogens is 5. The van der Waals surface area contributed by atoms with Gasteiger partial charge in [0.2, 0.25) is 0 Å². The first kappa shape index (κ1) is 33.2. The number of nitrogens with one attached hydrogen (secondary N) is 1. The molecule has 0 unspecified atom stereocenters. The molecule has 1 amide bonds. The number of benzene rings is 1. The van der Waals surface area contributed by atoms with Crippen LogP contribution in [0.1, 0.15) is 42.1 Å². The zero-order valence-electron chi connectivity index (χ0n) is 25.3. The van der Waals surface area contributed by atoms with Gasteiger partial charge in [-0.05, 0) is 49.1 Å². The van der Waals surface area contributed by atoms with Crippen LogP contribution in [0.15, 0.2) is 58.5 Å². The van der Waals surface area contributed by atoms with Crippen molar-refractivity contribution in [1.82, 2.24) is 24.4 Å². The number of amides is 1. The number of anilines is 1. The summed E-state index contributed by atoms with van der Waals surface area (Å²) >= 11 is 0. The molecule has 0 radical (unpaired) electrons. The van der Waals surface area contributed by atoms with Gasteiger partial charge in [0.1, 0.15) is 35.1 Å². The number of aromatic nitrogens is 4. The standard InChI is InChI=1S/C31H29F5N6O5/c1-4-24(31(34,35)36)41(17-6-7-17)18-12-20(32)26(21(33)13-18)27(43)39-22(29(45)47-3)11-16-5-8-25(38-14-16)42-28(44)19-9-10-37-15-23(19)40(2)30(42)46/h5,8-10,12-15,17,22,24H,4,6-7,11H2,1-3H3,(H,39,43)/t22-,24+/m0/s1. The third kappa shape index (κ3) is 6.57. The highest BCUT2D eigenvalue weighted by Crippen LogP contribution is 2.40. The second-order valence-corrected chi connectivity index (χ2v) is 11.0. The summed E-state index contributed by atoms with van der Waals surface area (Å²) in [5.41, 5.74) is -2.13. The number of pyridine rings is 2. The topological polar surface area (TPSA) is 128 Å². The molecule has 1 fully saturated rings. The Morgan fingerprint density at radius 3 is 2.34 bits per heavy atom. The lowest BCUT2D eigenvalue weighted by Gasteiger charge is -2.35. The maximum Gasteiger partial charge on any atom is 0.408 e. The minimum atomic E-state index is -4.65. The molecule has 11 nitrogen and oxygen atoms in total. The number of aryl methyl sites for hydroxylation is 1. The third-order valence-electron chi connectivity index (χ3n) is 7.93. The zero-order valence-corrected chi connectivity index (χ0v) is 25.3. The van der Waals surface area contributed by atoms with Gasteiger partial charge < -0.3 is 15.0 Å². The van der Waals surface area contributed by atoms with E-state index in [9.17, 15) is 32.3 Å². The van der Waals surface area contributed by atoms with E-state index < -0.39 is 64.6 Å². The number of alkyl halides is 3. The molecular weight excluding hydrogens is 631 g/mol. The lowest BCUT2D eigenvalue weighted by Crippen LogP contribution is -2.47. The third-order valence-corrected chi connectivity index (χ3v) is 7.93. The summed E-state index contributed by atoms with van der Waals surface area (Å²) in [5.74, 6) is -5.16. The minimum Gasteiger partial charge on any atom is -0.467 e. The lowest BCUT2D eigenvalue weighted by molar-refractivity contribution is -0.149. The smallest absolute Gasteiger partial charge is 0.408 e. The van der Waals surface area contributed by atoms with E-state index in [4.69, 9.17) is 4.74 Å². The Morgan fingerprint density at radius 2 is 1.79 bits per heavy atom. The summed E-state index contributed by atoms with van der Waals surface area (Å²) in [6.45, 7) is 1.32. The van der Waals surface area contributed by atoms with Crippen molar-refractivity contribution in [2.45, 2.75) is 56.9 Å². The number of hydrogen-bond donors (Lipinski definition) is 1. The molecule has 4 aromatic rings. The van der Waals surface area contributed by atoms with Crippen LogP contribution in [0.2, 0.25) is 0 Å². The fourth-order valence-corrected chi connectivity index (χ4v) is 5.48. The minimum absolute atomic E-state index is 0.0305. The highest BCUT2D eigenvalue weighted by molar-refractivity contribution is 5.97. The Balaban J connectivity index is 1.39. The average molecular weight is 661 g/mol. The number of nitrogens with zero attached hydrogens (tertiary/aromatic N) is 5. The van der Waals surface area contributed by atoms with E-state index >= 15 is 8.78 Å². The summed E-state index contributed by atoms with van der Waals surface area (Å²) in [6, 6.07) is 1.58. The highest BCUT2D eigenvalue weighted by atomic mass is 19.4. The van der Waals surface area contributed by atoms with E-state index in [1.54, 1.807) is 0 Å². The van der Waals surface area contributed by atoms with Gasteiger partial charge in [0.15, 0.2) is 0 Å². The van der Waals surface area contributed by atoms with E-state index in [2.05, 4.69) is 15.3 Å². The number of carbonyl (C=O) groups excluding carboxylic acids is 2. The SMILES string of the molecule is CC[C@@H](N(c1cc(F)c(C(=O)N[C@@H](Cc2ccc(-n3c(=O)c4ccncc4n(C)c3=O)nc2)C(=O)OC)c(F)c1)C1CC1)C(F)(F)F. The van der Waals surface area contributed by atoms with Gasteiger partial charge in [0, 0.05) is 37.6 Å². The zero-order chi connectivity index (χ0) is 34.2. The van der Waals surface area contributed by atoms with Crippen LogP contribution in [0.3, 0.4) is 0 Å². The largest absolute Gasteiger partial charge is 0.467 e. The molecule has 2 atom stereocenters. The quantitative estimate of drug-likeness (QED) is 0.202. The number of esters is 1. The number of rotatable bonds is 10. The number of carbonyl (C=O) groups is 2. The Hall–Kier alpha value is -5.15. The van der Waals surface area contributed by atoms with Gasteiger partial charge in [0.25, 0.3) is 11.5 Å². The fourth-order valence-electron chi connectivity index (χ4n) is 5.48. The fraction of sp³-hybridized carbons (Fsp3) is 0.355. The van der Waals surface area contributed by atoms with Crippen LogP contribution >= 0.6 is 0 Å². The summed E-state index contributed by atoms with van der Waals surface area (Å²) in [4.78, 5) is 60.6. The molecular formula is C31H29F5N6O5. The second-order valence-electron chi connectivity index (χ2n) is 11.0. The second kappa shape index (κ2) is 12.9. The van der Waals surface area contributed by atoms with Crippen LogP contribution < -0.4 is 21.5 Å². The predicted molar refractivity (Wildman–Crippen MR) is 159 cm³/mol. The molecule has 0 spiro atoms. The van der Waals surface area contributed by atoms with Gasteiger partial charge in [-0.25, -0.2) is 27.9 Å². The Bertz CT molecular complexity index is 1930. The summed E-state index contributed by atoms with van der Waals surface area (Å²) < 4.78 is 78.5. The van der Waals surface area contributed by atoms with Crippen LogP contribution in [0.25, 0.3) is 16.7 Å². The highest BCUT2D eigenvalue weighted by Gasteiger charge is 2.47. The molecule has 1 aliphatic rings. The molecule has 1 aliphatic carbocycles. The number of hydrogen-bond acceptors (Lipinski definition) is 8. The predicted octanol–water partition coefficient (Wildman–Crippen LogP) is 3.58. The van der Waals surface area contributed by atoms with Crippen molar-refractivity contribution in [2.24, 2.45) is 7.05 Å². The van der Waals surface area contributed by atoms with Crippen molar-refractivity contribution in [3.63, 3.8) is 0 Å². The molecule has 0 bridgehead atoms. The van der Waals surface area contributed by atoms with Crippen molar-refractivity contribution in [3.05, 3.63) is 92.5 Å². The van der Waals surface area contributed by atoms with Gasteiger partial charge >= 0.3 is 17.8 Å². The van der Waals surface area contributed by atoms with Gasteiger partial charge in [-0.2, -0.15) is 13.2 Å². The summed E-state index contributed by atoms with van der Waals surface area (Å²) in [5, 5.41) is 2.44. The van der Waals surface area contributed by atoms with Crippen LogP contribution in [-0.4, -0.2) is 62.4 Å². The number of ether oxygens (including phenoxy) is 1. The van der Waals surface area contributed by atoms with Crippen molar-refractivity contribution >= 4 is 28.5 Å². The first-order valence-electron chi connectivity index (χ1n) is 14.5. The molecule has 47 heavy (non-hydrogen) atoms. The van der Waals surface area contributed by atoms with Gasteiger partial charge in [0.05, 0.1) is 24.2 Å². The Morgan fingerprint density at radius 1 is 1.11 bits per heavy atom. The van der Waals surface area contributed by atoms with Crippen LogP contribution in [0, 0.1) is 11.6 Å². The summed E-state index contributed by atoms with van der Waals surface area (Å²) in [7, 11) is 2.50. The molecule has 1 N–H and O–H groups in total. The molecule has 5 rings (SSSR count). The maximum absolute atomic E-state index is 15.2. The molecule has 0 aliphatic heterocycles. The monoisotopic (exact) mass is 660 g/mol. The van der Waals surface area contributed by atoms with Crippen molar-refractivity contribution in [2.75, 3.05) is 12.0 Å². The van der Waals surface area contributed by atoms with E-state index in [1.165, 1.54) is 55.3 Å². The van der Waals surface area contributed by atoms with Gasteiger partial charge in [-0.1, -0.05) is 13.0 Å². The van der Waals surface area contributed by atoms with E-state index in [0.717, 1.165) is 16.6 Å². The van der Waals surface area contributed by atoms with E-state index in [0.29, 0.717) is 36.1 Å². The molecule has 1 aromatic carbocycles. The average Bonchev–Trinajstić information content (AvgIpc) is 3.87. The molecule has 0 saturated heterocycles. The Labute approximate surface area is 263 Å². The van der Waals surface area contributed by atoms with E-state index in [1.807, 2.05) is 0 Å². The summed E-state index contributed by atoms with van der Waals surface area (Å²) in [6.07, 6.45) is -0.416. The normalized spacial score (nSPS) is 14.5. The molecule has 248 valence electrons. The molecule has 3 aromatic heterocycles. The van der Waals surface area contributed by atoms with Gasteiger partial charge in [-0.15, -0.1) is 0 Å². The molecule has 1 saturated carbocycles. The Kier molecular flexibility index (Phi) is 9.13. The molecule has 16 heteroatoms. The van der Waals surface area contributed by atoms with Crippen molar-refractivity contribution < 1.29 is 36.3 Å². The first-order chi connectivity index (χ1) is 22.3.